The van der Waals surface area contributed by atoms with Gasteiger partial charge in [-0.15, -0.1) is 0 Å². The van der Waals surface area contributed by atoms with Gasteiger partial charge in [0, 0.05) is 18.0 Å². The molecule has 2 aromatic rings. The molecule has 114 valence electrons. The van der Waals surface area contributed by atoms with Gasteiger partial charge in [-0.05, 0) is 36.6 Å². The third-order valence-electron chi connectivity index (χ3n) is 4.24. The van der Waals surface area contributed by atoms with Gasteiger partial charge in [0.1, 0.15) is 11.9 Å². The first-order valence-electron chi connectivity index (χ1n) is 7.39. The summed E-state index contributed by atoms with van der Waals surface area (Å²) in [5, 5.41) is 9.34. The first-order valence-corrected chi connectivity index (χ1v) is 7.39. The van der Waals surface area contributed by atoms with Gasteiger partial charge >= 0.3 is 5.97 Å². The van der Waals surface area contributed by atoms with Crippen molar-refractivity contribution in [3.63, 3.8) is 0 Å². The summed E-state index contributed by atoms with van der Waals surface area (Å²) in [5.74, 6) is 0.0546. The number of fused-ring (bicyclic) bond motifs is 1. The molecule has 1 aliphatic rings. The predicted molar refractivity (Wildman–Crippen MR) is 84.5 cm³/mol. The van der Waals surface area contributed by atoms with Crippen LogP contribution < -0.4 is 10.5 Å². The van der Waals surface area contributed by atoms with Crippen molar-refractivity contribution in [1.29, 1.82) is 0 Å². The summed E-state index contributed by atoms with van der Waals surface area (Å²) in [6, 6.07) is 13.5. The number of carbonyl (C=O) groups is 1. The van der Waals surface area contributed by atoms with Crippen LogP contribution in [0.3, 0.4) is 0 Å². The van der Waals surface area contributed by atoms with Crippen LogP contribution in [0.4, 0.5) is 0 Å². The monoisotopic (exact) mass is 297 g/mol. The molecule has 2 aromatic carbocycles. The fourth-order valence-electron chi connectivity index (χ4n) is 3.04. The minimum Gasteiger partial charge on any atom is -0.489 e. The van der Waals surface area contributed by atoms with E-state index in [2.05, 4.69) is 0 Å². The van der Waals surface area contributed by atoms with E-state index in [9.17, 15) is 9.90 Å². The quantitative estimate of drug-likeness (QED) is 0.913. The molecular formula is C18H19NO3. The van der Waals surface area contributed by atoms with Crippen molar-refractivity contribution < 1.29 is 14.6 Å². The van der Waals surface area contributed by atoms with E-state index in [-0.39, 0.29) is 12.0 Å². The van der Waals surface area contributed by atoms with Gasteiger partial charge in [0.25, 0.3) is 0 Å². The number of rotatable bonds is 3. The number of aromatic carboxylic acids is 1. The molecule has 0 amide bonds. The minimum absolute atomic E-state index is 0.0468. The Bertz CT molecular complexity index is 711. The van der Waals surface area contributed by atoms with Gasteiger partial charge in [-0.1, -0.05) is 30.3 Å². The van der Waals surface area contributed by atoms with Crippen LogP contribution in [0.1, 0.15) is 39.4 Å². The Morgan fingerprint density at radius 3 is 2.82 bits per heavy atom. The molecule has 1 aliphatic heterocycles. The zero-order chi connectivity index (χ0) is 15.7. The van der Waals surface area contributed by atoms with Crippen molar-refractivity contribution in [2.75, 3.05) is 6.54 Å². The topological polar surface area (TPSA) is 72.5 Å². The number of para-hydroxylation sites is 1. The van der Waals surface area contributed by atoms with E-state index in [1.165, 1.54) is 0 Å². The van der Waals surface area contributed by atoms with Gasteiger partial charge in [-0.3, -0.25) is 0 Å². The summed E-state index contributed by atoms with van der Waals surface area (Å²) in [4.78, 5) is 11.4. The molecule has 0 saturated heterocycles. The van der Waals surface area contributed by atoms with Crippen molar-refractivity contribution >= 4 is 5.97 Å². The maximum absolute atomic E-state index is 11.4. The lowest BCUT2D eigenvalue weighted by Crippen LogP contribution is -2.32. The van der Waals surface area contributed by atoms with Crippen molar-refractivity contribution in [2.45, 2.75) is 25.4 Å². The third kappa shape index (κ3) is 2.57. The Morgan fingerprint density at radius 2 is 2.09 bits per heavy atom. The van der Waals surface area contributed by atoms with Crippen LogP contribution in [0.15, 0.2) is 42.5 Å². The smallest absolute Gasteiger partial charge is 0.335 e. The molecule has 0 aliphatic carbocycles. The molecule has 0 aromatic heterocycles. The Kier molecular flexibility index (Phi) is 3.86. The number of hydrogen-bond donors (Lipinski definition) is 2. The highest BCUT2D eigenvalue weighted by Crippen LogP contribution is 2.40. The van der Waals surface area contributed by atoms with E-state index in [1.54, 1.807) is 6.07 Å². The molecule has 0 saturated carbocycles. The lowest BCUT2D eigenvalue weighted by atomic mass is 9.83. The molecule has 0 spiro atoms. The van der Waals surface area contributed by atoms with Gasteiger partial charge in [-0.2, -0.15) is 0 Å². The summed E-state index contributed by atoms with van der Waals surface area (Å²) in [7, 11) is 0. The number of ether oxygens (including phenoxy) is 1. The van der Waals surface area contributed by atoms with Crippen LogP contribution in [0.5, 0.6) is 5.75 Å². The summed E-state index contributed by atoms with van der Waals surface area (Å²) in [6.45, 7) is 2.26. The van der Waals surface area contributed by atoms with Crippen LogP contribution in [0.2, 0.25) is 0 Å². The van der Waals surface area contributed by atoms with Crippen LogP contribution in [0.25, 0.3) is 0 Å². The lowest BCUT2D eigenvalue weighted by molar-refractivity contribution is 0.0696. The van der Waals surface area contributed by atoms with E-state index >= 15 is 0 Å². The minimum atomic E-state index is -0.893. The molecule has 1 heterocycles. The zero-order valence-corrected chi connectivity index (χ0v) is 12.5. The van der Waals surface area contributed by atoms with Crippen LogP contribution in [-0.4, -0.2) is 23.7 Å². The molecule has 3 rings (SSSR count). The van der Waals surface area contributed by atoms with Gasteiger partial charge in [-0.25, -0.2) is 4.79 Å². The maximum Gasteiger partial charge on any atom is 0.335 e. The van der Waals surface area contributed by atoms with E-state index in [0.717, 1.165) is 28.9 Å². The van der Waals surface area contributed by atoms with Gasteiger partial charge in [0.2, 0.25) is 0 Å². The molecule has 4 heteroatoms. The van der Waals surface area contributed by atoms with Gasteiger partial charge in [0.15, 0.2) is 0 Å². The fourth-order valence-corrected chi connectivity index (χ4v) is 3.04. The Hall–Kier alpha value is -2.33. The average molecular weight is 297 g/mol. The first kappa shape index (κ1) is 14.6. The number of nitrogens with two attached hydrogens (primary N) is 1. The van der Waals surface area contributed by atoms with Crippen LogP contribution in [-0.2, 0) is 0 Å². The maximum atomic E-state index is 11.4. The molecule has 0 bridgehead atoms. The van der Waals surface area contributed by atoms with E-state index in [0.29, 0.717) is 12.1 Å². The summed E-state index contributed by atoms with van der Waals surface area (Å²) < 4.78 is 5.89. The van der Waals surface area contributed by atoms with Gasteiger partial charge in [0.05, 0.1) is 5.56 Å². The largest absolute Gasteiger partial charge is 0.489 e. The highest BCUT2D eigenvalue weighted by atomic mass is 16.5. The first-order chi connectivity index (χ1) is 10.6. The normalized spacial score (nSPS) is 20.1. The predicted octanol–water partition coefficient (Wildman–Crippen LogP) is 2.93. The third-order valence-corrected chi connectivity index (χ3v) is 4.24. The average Bonchev–Trinajstić information content (AvgIpc) is 2.54. The number of aryl methyl sites for hydroxylation is 1. The van der Waals surface area contributed by atoms with Crippen LogP contribution >= 0.6 is 0 Å². The molecular weight excluding hydrogens is 278 g/mol. The second-order valence-electron chi connectivity index (χ2n) is 5.68. The Balaban J connectivity index is 2.07. The highest BCUT2D eigenvalue weighted by Gasteiger charge is 2.29. The number of carboxylic acid groups (broad SMARTS) is 1. The summed E-state index contributed by atoms with van der Waals surface area (Å²) >= 11 is 0. The van der Waals surface area contributed by atoms with Crippen molar-refractivity contribution in [2.24, 2.45) is 5.73 Å². The second kappa shape index (κ2) is 5.81. The number of hydrogen-bond acceptors (Lipinski definition) is 3. The standard InChI is InChI=1S/C18H19NO3/c1-11-6-7-12(8-15(11)18(20)21)16-9-13(10-19)22-17-5-3-2-4-14(16)17/h2-8,13,16H,9-10,19H2,1H3,(H,20,21). The molecule has 0 fully saturated rings. The number of benzene rings is 2. The highest BCUT2D eigenvalue weighted by molar-refractivity contribution is 5.89. The molecule has 22 heavy (non-hydrogen) atoms. The SMILES string of the molecule is Cc1ccc(C2CC(CN)Oc3ccccc32)cc1C(=O)O. The van der Waals surface area contributed by atoms with Gasteiger partial charge < -0.3 is 15.6 Å². The van der Waals surface area contributed by atoms with E-state index < -0.39 is 5.97 Å². The van der Waals surface area contributed by atoms with Crippen molar-refractivity contribution in [3.8, 4) is 5.75 Å². The second-order valence-corrected chi connectivity index (χ2v) is 5.68. The Morgan fingerprint density at radius 1 is 1.32 bits per heavy atom. The molecule has 3 N–H and O–H groups in total. The fraction of sp³-hybridized carbons (Fsp3) is 0.278. The summed E-state index contributed by atoms with van der Waals surface area (Å²) in [6.07, 6.45) is 0.713. The zero-order valence-electron chi connectivity index (χ0n) is 12.5. The molecule has 2 atom stereocenters. The van der Waals surface area contributed by atoms with E-state index in [4.69, 9.17) is 10.5 Å². The molecule has 0 radical (unpaired) electrons. The Labute approximate surface area is 129 Å². The van der Waals surface area contributed by atoms with Crippen molar-refractivity contribution in [3.05, 3.63) is 64.7 Å². The van der Waals surface area contributed by atoms with Crippen molar-refractivity contribution in [1.82, 2.24) is 0 Å². The summed E-state index contributed by atoms with van der Waals surface area (Å²) in [5.41, 5.74) is 8.99. The molecule has 4 nitrogen and oxygen atoms in total. The molecule has 2 unspecified atom stereocenters. The lowest BCUT2D eigenvalue weighted by Gasteiger charge is -2.32. The number of carboxylic acids is 1. The van der Waals surface area contributed by atoms with E-state index in [1.807, 2.05) is 43.3 Å². The van der Waals surface area contributed by atoms with Crippen LogP contribution in [0, 0.1) is 6.92 Å².